The molecule has 0 aliphatic carbocycles. The molecule has 2 heterocycles. The number of nitrogens with zero attached hydrogens (tertiary/aromatic N) is 4. The molecule has 0 saturated heterocycles. The van der Waals surface area contributed by atoms with Gasteiger partial charge in [0.2, 0.25) is 0 Å². The Labute approximate surface area is 120 Å². The minimum absolute atomic E-state index is 0.0197. The monoisotopic (exact) mass is 296 g/mol. The quantitative estimate of drug-likeness (QED) is 0.870. The van der Waals surface area contributed by atoms with E-state index in [4.69, 9.17) is 0 Å². The van der Waals surface area contributed by atoms with Crippen LogP contribution in [0.15, 0.2) is 30.6 Å². The molecule has 0 N–H and O–H groups in total. The number of aromatic nitrogens is 3. The summed E-state index contributed by atoms with van der Waals surface area (Å²) < 4.78 is 39.0. The molecule has 0 unspecified atom stereocenters. The van der Waals surface area contributed by atoms with Gasteiger partial charge in [0.15, 0.2) is 11.5 Å². The van der Waals surface area contributed by atoms with E-state index in [0.717, 1.165) is 6.07 Å². The highest BCUT2D eigenvalue weighted by molar-refractivity contribution is 5.57. The zero-order valence-corrected chi connectivity index (χ0v) is 11.9. The lowest BCUT2D eigenvalue weighted by molar-refractivity contribution is -0.141. The van der Waals surface area contributed by atoms with Crippen LogP contribution in [0.1, 0.15) is 19.5 Å². The van der Waals surface area contributed by atoms with Gasteiger partial charge in [0.05, 0.1) is 0 Å². The fourth-order valence-electron chi connectivity index (χ4n) is 1.65. The van der Waals surface area contributed by atoms with Crippen molar-refractivity contribution in [2.75, 3.05) is 11.9 Å². The predicted molar refractivity (Wildman–Crippen MR) is 73.8 cm³/mol. The first-order chi connectivity index (χ1) is 9.79. The molecule has 21 heavy (non-hydrogen) atoms. The van der Waals surface area contributed by atoms with Crippen molar-refractivity contribution >= 4 is 5.82 Å². The van der Waals surface area contributed by atoms with Gasteiger partial charge in [-0.1, -0.05) is 0 Å². The van der Waals surface area contributed by atoms with E-state index in [1.165, 1.54) is 12.4 Å². The van der Waals surface area contributed by atoms with Crippen molar-refractivity contribution in [3.8, 4) is 11.4 Å². The Balaban J connectivity index is 2.58. The summed E-state index contributed by atoms with van der Waals surface area (Å²) in [7, 11) is 1.70. The smallest absolute Gasteiger partial charge is 0.357 e. The van der Waals surface area contributed by atoms with Gasteiger partial charge in [0.1, 0.15) is 5.82 Å². The number of hydrogen-bond acceptors (Lipinski definition) is 4. The number of alkyl halides is 3. The molecular formula is C14H15F3N4. The molecule has 7 heteroatoms. The van der Waals surface area contributed by atoms with Crippen molar-refractivity contribution in [2.24, 2.45) is 0 Å². The molecule has 0 bridgehead atoms. The first-order valence-electron chi connectivity index (χ1n) is 6.38. The number of rotatable bonds is 3. The molecule has 0 saturated carbocycles. The van der Waals surface area contributed by atoms with Gasteiger partial charge < -0.3 is 4.90 Å². The summed E-state index contributed by atoms with van der Waals surface area (Å²) >= 11 is 0. The van der Waals surface area contributed by atoms with E-state index in [2.05, 4.69) is 15.0 Å². The lowest BCUT2D eigenvalue weighted by atomic mass is 10.2. The molecule has 0 amide bonds. The van der Waals surface area contributed by atoms with E-state index >= 15 is 0 Å². The molecule has 0 spiro atoms. The largest absolute Gasteiger partial charge is 0.433 e. The van der Waals surface area contributed by atoms with Crippen LogP contribution in [-0.4, -0.2) is 28.0 Å². The minimum Gasteiger partial charge on any atom is -0.357 e. The highest BCUT2D eigenvalue weighted by Crippen LogP contribution is 2.31. The zero-order valence-electron chi connectivity index (χ0n) is 11.9. The Bertz CT molecular complexity index is 611. The van der Waals surface area contributed by atoms with Crippen LogP contribution in [-0.2, 0) is 6.18 Å². The molecule has 2 aromatic heterocycles. The first-order valence-corrected chi connectivity index (χ1v) is 6.38. The molecule has 0 atom stereocenters. The SMILES string of the molecule is CC(C)N(C)c1cc(C(F)(F)F)nc(-c2ccncc2)n1. The van der Waals surface area contributed by atoms with Crippen molar-refractivity contribution in [1.82, 2.24) is 15.0 Å². The molecule has 2 rings (SSSR count). The Morgan fingerprint density at radius 2 is 1.71 bits per heavy atom. The highest BCUT2D eigenvalue weighted by Gasteiger charge is 2.34. The minimum atomic E-state index is -4.52. The van der Waals surface area contributed by atoms with E-state index in [0.29, 0.717) is 5.56 Å². The van der Waals surface area contributed by atoms with Crippen LogP contribution in [0.4, 0.5) is 19.0 Å². The van der Waals surface area contributed by atoms with E-state index in [-0.39, 0.29) is 17.7 Å². The van der Waals surface area contributed by atoms with Gasteiger partial charge in [0.25, 0.3) is 0 Å². The molecule has 0 fully saturated rings. The van der Waals surface area contributed by atoms with Gasteiger partial charge in [0, 0.05) is 37.1 Å². The van der Waals surface area contributed by atoms with Gasteiger partial charge in [-0.15, -0.1) is 0 Å². The topological polar surface area (TPSA) is 41.9 Å². The van der Waals surface area contributed by atoms with Gasteiger partial charge in [-0.3, -0.25) is 4.98 Å². The van der Waals surface area contributed by atoms with E-state index < -0.39 is 11.9 Å². The maximum Gasteiger partial charge on any atom is 0.433 e. The molecule has 112 valence electrons. The second kappa shape index (κ2) is 5.67. The molecule has 0 radical (unpaired) electrons. The van der Waals surface area contributed by atoms with Crippen molar-refractivity contribution < 1.29 is 13.2 Å². The fourth-order valence-corrected chi connectivity index (χ4v) is 1.65. The van der Waals surface area contributed by atoms with Crippen LogP contribution in [0.5, 0.6) is 0 Å². The van der Waals surface area contributed by atoms with Crippen molar-refractivity contribution in [1.29, 1.82) is 0 Å². The second-order valence-corrected chi connectivity index (χ2v) is 4.87. The predicted octanol–water partition coefficient (Wildman–Crippen LogP) is 3.40. The average Bonchev–Trinajstić information content (AvgIpc) is 2.46. The number of pyridine rings is 1. The third-order valence-corrected chi connectivity index (χ3v) is 3.08. The number of halogens is 3. The number of anilines is 1. The van der Waals surface area contributed by atoms with Gasteiger partial charge in [-0.25, -0.2) is 9.97 Å². The summed E-state index contributed by atoms with van der Waals surface area (Å²) in [6.45, 7) is 3.75. The van der Waals surface area contributed by atoms with Crippen LogP contribution in [0, 0.1) is 0 Å². The Kier molecular flexibility index (Phi) is 4.11. The molecule has 2 aromatic rings. The Hall–Kier alpha value is -2.18. The number of hydrogen-bond donors (Lipinski definition) is 0. The zero-order chi connectivity index (χ0) is 15.6. The standard InChI is InChI=1S/C14H15F3N4/c1-9(2)21(3)12-8-11(14(15,16)17)19-13(20-12)10-4-6-18-7-5-10/h4-9H,1-3H3. The fraction of sp³-hybridized carbons (Fsp3) is 0.357. The average molecular weight is 296 g/mol. The summed E-state index contributed by atoms with van der Waals surface area (Å²) in [5.74, 6) is 0.272. The maximum absolute atomic E-state index is 13.0. The van der Waals surface area contributed by atoms with Crippen LogP contribution in [0.25, 0.3) is 11.4 Å². The normalized spacial score (nSPS) is 11.8. The summed E-state index contributed by atoms with van der Waals surface area (Å²) in [5, 5.41) is 0. The summed E-state index contributed by atoms with van der Waals surface area (Å²) in [5.41, 5.74) is -0.457. The molecular weight excluding hydrogens is 281 g/mol. The maximum atomic E-state index is 13.0. The first kappa shape index (κ1) is 15.2. The van der Waals surface area contributed by atoms with Gasteiger partial charge in [-0.05, 0) is 26.0 Å². The van der Waals surface area contributed by atoms with Crippen LogP contribution >= 0.6 is 0 Å². The van der Waals surface area contributed by atoms with Crippen LogP contribution in [0.3, 0.4) is 0 Å². The van der Waals surface area contributed by atoms with Crippen molar-refractivity contribution in [2.45, 2.75) is 26.1 Å². The molecule has 4 nitrogen and oxygen atoms in total. The third kappa shape index (κ3) is 3.48. The summed E-state index contributed by atoms with van der Waals surface area (Å²) in [6.07, 6.45) is -1.53. The third-order valence-electron chi connectivity index (χ3n) is 3.08. The van der Waals surface area contributed by atoms with E-state index in [9.17, 15) is 13.2 Å². The second-order valence-electron chi connectivity index (χ2n) is 4.87. The van der Waals surface area contributed by atoms with Crippen molar-refractivity contribution in [3.63, 3.8) is 0 Å². The van der Waals surface area contributed by atoms with E-state index in [1.807, 2.05) is 13.8 Å². The van der Waals surface area contributed by atoms with Crippen LogP contribution in [0.2, 0.25) is 0 Å². The molecule has 0 aliphatic heterocycles. The highest BCUT2D eigenvalue weighted by atomic mass is 19.4. The molecule has 0 aromatic carbocycles. The van der Waals surface area contributed by atoms with E-state index in [1.54, 1.807) is 24.1 Å². The Morgan fingerprint density at radius 3 is 2.24 bits per heavy atom. The van der Waals surface area contributed by atoms with Crippen LogP contribution < -0.4 is 4.90 Å². The van der Waals surface area contributed by atoms with Crippen molar-refractivity contribution in [3.05, 3.63) is 36.3 Å². The summed E-state index contributed by atoms with van der Waals surface area (Å²) in [6, 6.07) is 4.14. The summed E-state index contributed by atoms with van der Waals surface area (Å²) in [4.78, 5) is 13.4. The van der Waals surface area contributed by atoms with Gasteiger partial charge >= 0.3 is 6.18 Å². The lowest BCUT2D eigenvalue weighted by Gasteiger charge is -2.23. The Morgan fingerprint density at radius 1 is 1.10 bits per heavy atom. The van der Waals surface area contributed by atoms with Gasteiger partial charge in [-0.2, -0.15) is 13.2 Å². The lowest BCUT2D eigenvalue weighted by Crippen LogP contribution is -2.27. The molecule has 0 aliphatic rings.